The number of rotatable bonds is 12. The Balaban J connectivity index is 1.90. The number of ether oxygens (including phenoxy) is 2. The molecule has 1 aliphatic rings. The molecule has 0 atom stereocenters. The fraction of sp³-hybridized carbons (Fsp3) is 0.556. The Bertz CT molecular complexity index is 819. The van der Waals surface area contributed by atoms with Crippen LogP contribution in [0.1, 0.15) is 83.3 Å². The monoisotopic (exact) mass is 394 g/mol. The summed E-state index contributed by atoms with van der Waals surface area (Å²) in [6.07, 6.45) is 14.1. The average Bonchev–Trinajstić information content (AvgIpc) is 2.74. The summed E-state index contributed by atoms with van der Waals surface area (Å²) in [6.45, 7) is 8.34. The molecule has 29 heavy (non-hydrogen) atoms. The van der Waals surface area contributed by atoms with Crippen LogP contribution in [0.15, 0.2) is 35.9 Å². The van der Waals surface area contributed by atoms with Crippen LogP contribution in [-0.4, -0.2) is 13.2 Å². The van der Waals surface area contributed by atoms with Gasteiger partial charge in [-0.3, -0.25) is 0 Å². The molecule has 0 radical (unpaired) electrons. The molecule has 0 unspecified atom stereocenters. The maximum atomic E-state index is 6.44. The second kappa shape index (κ2) is 11.3. The van der Waals surface area contributed by atoms with Gasteiger partial charge in [-0.1, -0.05) is 88.3 Å². The third kappa shape index (κ3) is 5.56. The number of hydrogen-bond donors (Lipinski definition) is 0. The first-order valence-corrected chi connectivity index (χ1v) is 11.7. The van der Waals surface area contributed by atoms with Crippen LogP contribution >= 0.6 is 0 Å². The highest BCUT2D eigenvalue weighted by Gasteiger charge is 2.23. The minimum Gasteiger partial charge on any atom is -0.493 e. The van der Waals surface area contributed by atoms with Crippen molar-refractivity contribution in [2.45, 2.75) is 85.0 Å². The van der Waals surface area contributed by atoms with Crippen LogP contribution in [0.2, 0.25) is 0 Å². The number of unbranched alkanes of at least 4 members (excludes halogenated alkanes) is 6. The lowest BCUT2D eigenvalue weighted by atomic mass is 9.87. The van der Waals surface area contributed by atoms with E-state index in [1.54, 1.807) is 0 Å². The summed E-state index contributed by atoms with van der Waals surface area (Å²) < 4.78 is 12.9. The van der Waals surface area contributed by atoms with E-state index in [4.69, 9.17) is 9.47 Å². The van der Waals surface area contributed by atoms with Gasteiger partial charge in [0.25, 0.3) is 0 Å². The molecule has 158 valence electrons. The first-order chi connectivity index (χ1) is 14.3. The van der Waals surface area contributed by atoms with Gasteiger partial charge in [-0.05, 0) is 32.6 Å². The maximum Gasteiger partial charge on any atom is 0.131 e. The van der Waals surface area contributed by atoms with Gasteiger partial charge >= 0.3 is 0 Å². The van der Waals surface area contributed by atoms with Gasteiger partial charge in [0.1, 0.15) is 11.5 Å². The quantitative estimate of drug-likeness (QED) is 0.270. The molecule has 0 amide bonds. The van der Waals surface area contributed by atoms with Gasteiger partial charge in [-0.2, -0.15) is 0 Å². The van der Waals surface area contributed by atoms with Crippen molar-refractivity contribution in [1.82, 2.24) is 0 Å². The van der Waals surface area contributed by atoms with Crippen molar-refractivity contribution in [3.63, 3.8) is 0 Å². The van der Waals surface area contributed by atoms with E-state index in [9.17, 15) is 0 Å². The minimum atomic E-state index is 0.802. The van der Waals surface area contributed by atoms with Crippen LogP contribution < -0.4 is 9.47 Å². The Labute approximate surface area is 177 Å². The zero-order valence-electron chi connectivity index (χ0n) is 18.7. The van der Waals surface area contributed by atoms with Crippen LogP contribution in [0.3, 0.4) is 0 Å². The van der Waals surface area contributed by atoms with Crippen LogP contribution in [-0.2, 0) is 12.8 Å². The Morgan fingerprint density at radius 3 is 1.83 bits per heavy atom. The van der Waals surface area contributed by atoms with Crippen molar-refractivity contribution in [1.29, 1.82) is 0 Å². The van der Waals surface area contributed by atoms with Gasteiger partial charge in [0.2, 0.25) is 0 Å². The molecule has 0 saturated heterocycles. The topological polar surface area (TPSA) is 18.5 Å². The van der Waals surface area contributed by atoms with Gasteiger partial charge in [0, 0.05) is 21.9 Å². The van der Waals surface area contributed by atoms with E-state index < -0.39 is 0 Å². The van der Waals surface area contributed by atoms with E-state index in [0.717, 1.165) is 50.4 Å². The number of allylic oxidation sites excluding steroid dienone is 2. The highest BCUT2D eigenvalue weighted by molar-refractivity contribution is 5.96. The second-order valence-electron chi connectivity index (χ2n) is 8.41. The standard InChI is InChI=1S/C27H38O2/c1-4-6-8-12-18-28-26-22-14-10-11-15-23(22)27(29-19-13-9-7-5-2)25-20-21(3)16-17-24(25)26/h10-11,14-16H,4-9,12-13,17-20H2,1-3H3. The third-order valence-electron chi connectivity index (χ3n) is 5.93. The van der Waals surface area contributed by atoms with Gasteiger partial charge in [0.15, 0.2) is 0 Å². The first-order valence-electron chi connectivity index (χ1n) is 11.7. The summed E-state index contributed by atoms with van der Waals surface area (Å²) in [4.78, 5) is 0. The normalized spacial score (nSPS) is 13.3. The number of benzene rings is 2. The maximum absolute atomic E-state index is 6.44. The van der Waals surface area contributed by atoms with Crippen molar-refractivity contribution in [3.8, 4) is 11.5 Å². The van der Waals surface area contributed by atoms with E-state index in [1.807, 2.05) is 0 Å². The molecule has 0 fully saturated rings. The zero-order chi connectivity index (χ0) is 20.5. The van der Waals surface area contributed by atoms with Crippen molar-refractivity contribution in [2.24, 2.45) is 0 Å². The van der Waals surface area contributed by atoms with Gasteiger partial charge in [-0.15, -0.1) is 0 Å². The Morgan fingerprint density at radius 1 is 0.724 bits per heavy atom. The lowest BCUT2D eigenvalue weighted by molar-refractivity contribution is 0.297. The molecule has 0 heterocycles. The molecule has 2 aromatic carbocycles. The van der Waals surface area contributed by atoms with Crippen molar-refractivity contribution in [2.75, 3.05) is 13.2 Å². The average molecular weight is 395 g/mol. The SMILES string of the molecule is CCCCCCOc1c2c(c(OCCCCCC)c3ccccc13)CC(C)=CC2. The Morgan fingerprint density at radius 2 is 1.28 bits per heavy atom. The lowest BCUT2D eigenvalue weighted by Crippen LogP contribution is -2.11. The van der Waals surface area contributed by atoms with E-state index in [1.165, 1.54) is 66.0 Å². The smallest absolute Gasteiger partial charge is 0.131 e. The highest BCUT2D eigenvalue weighted by atomic mass is 16.5. The molecule has 1 aliphatic carbocycles. The molecule has 0 N–H and O–H groups in total. The predicted octanol–water partition coefficient (Wildman–Crippen LogP) is 7.80. The minimum absolute atomic E-state index is 0.802. The summed E-state index contributed by atoms with van der Waals surface area (Å²) in [5.41, 5.74) is 4.12. The van der Waals surface area contributed by atoms with Crippen molar-refractivity contribution < 1.29 is 9.47 Å². The van der Waals surface area contributed by atoms with Crippen LogP contribution in [0, 0.1) is 0 Å². The van der Waals surface area contributed by atoms with E-state index in [2.05, 4.69) is 51.1 Å². The molecule has 0 aliphatic heterocycles. The fourth-order valence-electron chi connectivity index (χ4n) is 4.24. The summed E-state index contributed by atoms with van der Waals surface area (Å²) in [5.74, 6) is 2.19. The predicted molar refractivity (Wildman–Crippen MR) is 124 cm³/mol. The molecule has 2 aromatic rings. The summed E-state index contributed by atoms with van der Waals surface area (Å²) in [6, 6.07) is 8.64. The van der Waals surface area contributed by atoms with Gasteiger partial charge < -0.3 is 9.47 Å². The Hall–Kier alpha value is -1.96. The molecular formula is C27H38O2. The molecule has 2 heteroatoms. The van der Waals surface area contributed by atoms with Crippen molar-refractivity contribution in [3.05, 3.63) is 47.0 Å². The number of hydrogen-bond acceptors (Lipinski definition) is 2. The molecule has 3 rings (SSSR count). The summed E-state index contributed by atoms with van der Waals surface area (Å²) in [7, 11) is 0. The highest BCUT2D eigenvalue weighted by Crippen LogP contribution is 2.44. The van der Waals surface area contributed by atoms with Crippen LogP contribution in [0.4, 0.5) is 0 Å². The lowest BCUT2D eigenvalue weighted by Gasteiger charge is -2.25. The molecule has 0 spiro atoms. The van der Waals surface area contributed by atoms with Gasteiger partial charge in [0.05, 0.1) is 13.2 Å². The van der Waals surface area contributed by atoms with E-state index in [0.29, 0.717) is 0 Å². The molecule has 0 aromatic heterocycles. The first kappa shape index (κ1) is 21.7. The van der Waals surface area contributed by atoms with Crippen LogP contribution in [0.5, 0.6) is 11.5 Å². The molecule has 0 saturated carbocycles. The zero-order valence-corrected chi connectivity index (χ0v) is 18.7. The second-order valence-corrected chi connectivity index (χ2v) is 8.41. The van der Waals surface area contributed by atoms with Gasteiger partial charge in [-0.25, -0.2) is 0 Å². The summed E-state index contributed by atoms with van der Waals surface area (Å²) >= 11 is 0. The van der Waals surface area contributed by atoms with Crippen LogP contribution in [0.25, 0.3) is 10.8 Å². The number of fused-ring (bicyclic) bond motifs is 2. The fourth-order valence-corrected chi connectivity index (χ4v) is 4.24. The Kier molecular flexibility index (Phi) is 8.46. The molecule has 0 bridgehead atoms. The van der Waals surface area contributed by atoms with Crippen molar-refractivity contribution >= 4 is 10.8 Å². The molecule has 2 nitrogen and oxygen atoms in total. The van der Waals surface area contributed by atoms with E-state index in [-0.39, 0.29) is 0 Å². The van der Waals surface area contributed by atoms with E-state index >= 15 is 0 Å². The summed E-state index contributed by atoms with van der Waals surface area (Å²) in [5, 5.41) is 2.42. The molecular weight excluding hydrogens is 356 g/mol. The largest absolute Gasteiger partial charge is 0.493 e. The third-order valence-corrected chi connectivity index (χ3v) is 5.93.